The monoisotopic (exact) mass is 433 g/mol. The van der Waals surface area contributed by atoms with Crippen LogP contribution in [0.2, 0.25) is 0 Å². The van der Waals surface area contributed by atoms with Crippen LogP contribution in [0.3, 0.4) is 0 Å². The zero-order valence-electron chi connectivity index (χ0n) is 18.5. The average molecular weight is 434 g/mol. The normalized spacial score (nSPS) is 17.4. The molecule has 0 aliphatic carbocycles. The minimum absolute atomic E-state index is 0.169. The summed E-state index contributed by atoms with van der Waals surface area (Å²) in [5.74, 6) is 2.09. The van der Waals surface area contributed by atoms with E-state index in [0.717, 1.165) is 11.1 Å². The van der Waals surface area contributed by atoms with Gasteiger partial charge in [0.15, 0.2) is 17.6 Å². The fourth-order valence-corrected chi connectivity index (χ4v) is 3.75. The third-order valence-corrected chi connectivity index (χ3v) is 5.29. The maximum Gasteiger partial charge on any atom is 0.221 e. The molecule has 1 unspecified atom stereocenters. The largest absolute Gasteiger partial charge is 0.493 e. The van der Waals surface area contributed by atoms with Crippen LogP contribution in [0.25, 0.3) is 0 Å². The molecule has 0 saturated carbocycles. The summed E-state index contributed by atoms with van der Waals surface area (Å²) >= 11 is 0. The minimum Gasteiger partial charge on any atom is -0.493 e. The Morgan fingerprint density at radius 1 is 0.812 bits per heavy atom. The predicted molar refractivity (Wildman–Crippen MR) is 123 cm³/mol. The molecule has 0 fully saturated rings. The molecule has 1 aliphatic rings. The van der Waals surface area contributed by atoms with Crippen molar-refractivity contribution in [1.82, 2.24) is 0 Å². The summed E-state index contributed by atoms with van der Waals surface area (Å²) in [6, 6.07) is 23.5. The van der Waals surface area contributed by atoms with Crippen molar-refractivity contribution in [2.75, 3.05) is 27.9 Å². The van der Waals surface area contributed by atoms with Crippen LogP contribution < -0.4 is 14.2 Å². The number of benzene rings is 3. The molecule has 4 rings (SSSR count). The highest BCUT2D eigenvalue weighted by atomic mass is 16.5. The Morgan fingerprint density at radius 3 is 2.19 bits per heavy atom. The maximum absolute atomic E-state index is 6.33. The number of rotatable bonds is 9. The van der Waals surface area contributed by atoms with E-state index in [1.165, 1.54) is 0 Å². The van der Waals surface area contributed by atoms with Gasteiger partial charge in [-0.3, -0.25) is 0 Å². The third kappa shape index (κ3) is 4.55. The fraction of sp³-hybridized carbons (Fsp3) is 0.269. The van der Waals surface area contributed by atoms with Gasteiger partial charge in [0.25, 0.3) is 0 Å². The van der Waals surface area contributed by atoms with Crippen molar-refractivity contribution in [3.63, 3.8) is 0 Å². The molecule has 0 saturated heterocycles. The van der Waals surface area contributed by atoms with E-state index in [4.69, 9.17) is 28.7 Å². The quantitative estimate of drug-likeness (QED) is 0.484. The molecule has 0 bridgehead atoms. The van der Waals surface area contributed by atoms with Crippen molar-refractivity contribution < 1.29 is 23.7 Å². The van der Waals surface area contributed by atoms with Gasteiger partial charge in [-0.2, -0.15) is 0 Å². The molecule has 166 valence electrons. The van der Waals surface area contributed by atoms with Crippen LogP contribution in [0, 0.1) is 0 Å². The molecule has 0 aromatic heterocycles. The zero-order chi connectivity index (χ0) is 22.3. The summed E-state index contributed by atoms with van der Waals surface area (Å²) in [7, 11) is 4.87. The number of methoxy groups -OCH3 is 3. The summed E-state index contributed by atoms with van der Waals surface area (Å²) < 4.78 is 29.2. The van der Waals surface area contributed by atoms with Gasteiger partial charge in [0.1, 0.15) is 12.6 Å². The van der Waals surface area contributed by atoms with Crippen molar-refractivity contribution >= 4 is 5.90 Å². The van der Waals surface area contributed by atoms with E-state index < -0.39 is 0 Å². The van der Waals surface area contributed by atoms with Crippen LogP contribution >= 0.6 is 0 Å². The first-order chi connectivity index (χ1) is 15.7. The predicted octanol–water partition coefficient (Wildman–Crippen LogP) is 4.82. The van der Waals surface area contributed by atoms with E-state index in [9.17, 15) is 0 Å². The van der Waals surface area contributed by atoms with Gasteiger partial charge in [-0.25, -0.2) is 4.99 Å². The van der Waals surface area contributed by atoms with E-state index in [2.05, 4.69) is 0 Å². The van der Waals surface area contributed by atoms with Gasteiger partial charge in [-0.1, -0.05) is 60.7 Å². The molecule has 6 nitrogen and oxygen atoms in total. The first-order valence-electron chi connectivity index (χ1n) is 10.5. The van der Waals surface area contributed by atoms with Crippen LogP contribution in [-0.4, -0.2) is 39.9 Å². The molecular weight excluding hydrogens is 406 g/mol. The Morgan fingerprint density at radius 2 is 1.53 bits per heavy atom. The molecule has 2 atom stereocenters. The highest BCUT2D eigenvalue weighted by Crippen LogP contribution is 2.43. The molecular formula is C26H27NO5. The second-order valence-electron chi connectivity index (χ2n) is 7.36. The van der Waals surface area contributed by atoms with Crippen LogP contribution in [-0.2, 0) is 16.1 Å². The molecule has 0 radical (unpaired) electrons. The first kappa shape index (κ1) is 21.7. The van der Waals surface area contributed by atoms with Gasteiger partial charge in [0, 0.05) is 7.11 Å². The number of hydrogen-bond donors (Lipinski definition) is 0. The summed E-state index contributed by atoms with van der Waals surface area (Å²) in [6.07, 6.45) is -0.244. The van der Waals surface area contributed by atoms with Crippen molar-refractivity contribution in [2.45, 2.75) is 18.8 Å². The molecule has 0 amide bonds. The summed E-state index contributed by atoms with van der Waals surface area (Å²) in [6.45, 7) is 0.822. The second kappa shape index (κ2) is 10.2. The third-order valence-electron chi connectivity index (χ3n) is 5.29. The summed E-state index contributed by atoms with van der Waals surface area (Å²) in [5, 5.41) is 0. The lowest BCUT2D eigenvalue weighted by molar-refractivity contribution is 0.120. The smallest absolute Gasteiger partial charge is 0.221 e. The van der Waals surface area contributed by atoms with Crippen LogP contribution in [0.4, 0.5) is 0 Å². The first-order valence-corrected chi connectivity index (χ1v) is 10.5. The molecule has 32 heavy (non-hydrogen) atoms. The lowest BCUT2D eigenvalue weighted by Crippen LogP contribution is -2.19. The number of ether oxygens (including phenoxy) is 5. The van der Waals surface area contributed by atoms with Gasteiger partial charge in [0.05, 0.1) is 26.4 Å². The standard InChI is InChI=1S/C26H27NO5/c1-28-17-21-23(19-12-8-5-9-13-19)32-26(27-21)20-14-15-22(29-2)25(24(20)30-3)31-16-18-10-6-4-7-11-18/h4-15,21,23H,16-17H2,1-3H3/t21?,23-/m0/s1. The lowest BCUT2D eigenvalue weighted by atomic mass is 10.0. The molecule has 1 aliphatic heterocycles. The van der Waals surface area contributed by atoms with E-state index in [-0.39, 0.29) is 12.1 Å². The average Bonchev–Trinajstić information content (AvgIpc) is 3.27. The SMILES string of the molecule is COCC1N=C(c2ccc(OC)c(OCc3ccccc3)c2OC)O[C@H]1c1ccccc1. The fourth-order valence-electron chi connectivity index (χ4n) is 3.75. The molecule has 3 aromatic carbocycles. The lowest BCUT2D eigenvalue weighted by Gasteiger charge is -2.19. The Labute approximate surface area is 188 Å². The van der Waals surface area contributed by atoms with Gasteiger partial charge >= 0.3 is 0 Å². The molecule has 3 aromatic rings. The van der Waals surface area contributed by atoms with Crippen molar-refractivity contribution in [3.05, 3.63) is 89.5 Å². The Bertz CT molecular complexity index is 1050. The second-order valence-corrected chi connectivity index (χ2v) is 7.36. The molecule has 1 heterocycles. The molecule has 0 spiro atoms. The Balaban J connectivity index is 1.67. The van der Waals surface area contributed by atoms with E-state index in [1.807, 2.05) is 72.8 Å². The topological polar surface area (TPSA) is 58.5 Å². The highest BCUT2D eigenvalue weighted by Gasteiger charge is 2.35. The summed E-state index contributed by atoms with van der Waals surface area (Å²) in [4.78, 5) is 4.82. The summed E-state index contributed by atoms with van der Waals surface area (Å²) in [5.41, 5.74) is 2.79. The number of nitrogens with zero attached hydrogens (tertiary/aromatic N) is 1. The van der Waals surface area contributed by atoms with E-state index in [0.29, 0.717) is 41.9 Å². The Hall–Kier alpha value is -3.51. The van der Waals surface area contributed by atoms with E-state index in [1.54, 1.807) is 21.3 Å². The van der Waals surface area contributed by atoms with Crippen LogP contribution in [0.1, 0.15) is 22.8 Å². The molecule has 0 N–H and O–H groups in total. The Kier molecular flexibility index (Phi) is 6.92. The van der Waals surface area contributed by atoms with Gasteiger partial charge in [-0.15, -0.1) is 0 Å². The number of aliphatic imine (C=N–C) groups is 1. The van der Waals surface area contributed by atoms with E-state index >= 15 is 0 Å². The van der Waals surface area contributed by atoms with Gasteiger partial charge < -0.3 is 23.7 Å². The van der Waals surface area contributed by atoms with Crippen molar-refractivity contribution in [2.24, 2.45) is 4.99 Å². The van der Waals surface area contributed by atoms with Crippen LogP contribution in [0.15, 0.2) is 77.8 Å². The van der Waals surface area contributed by atoms with Gasteiger partial charge in [0.2, 0.25) is 11.6 Å². The van der Waals surface area contributed by atoms with Gasteiger partial charge in [-0.05, 0) is 23.3 Å². The zero-order valence-corrected chi connectivity index (χ0v) is 18.5. The van der Waals surface area contributed by atoms with Crippen LogP contribution in [0.5, 0.6) is 17.2 Å². The minimum atomic E-state index is -0.244. The van der Waals surface area contributed by atoms with Crippen molar-refractivity contribution in [1.29, 1.82) is 0 Å². The molecule has 6 heteroatoms. The number of hydrogen-bond acceptors (Lipinski definition) is 6. The highest BCUT2D eigenvalue weighted by molar-refractivity contribution is 5.99. The maximum atomic E-state index is 6.33. The van der Waals surface area contributed by atoms with Crippen molar-refractivity contribution in [3.8, 4) is 17.2 Å².